The van der Waals surface area contributed by atoms with E-state index < -0.39 is 0 Å². The number of amides is 1. The number of rotatable bonds is 4. The number of fused-ring (bicyclic) bond motifs is 1. The van der Waals surface area contributed by atoms with Gasteiger partial charge in [-0.05, 0) is 61.7 Å². The highest BCUT2D eigenvalue weighted by Gasteiger charge is 2.17. The number of likely N-dealkylation sites (tertiary alicyclic amines) is 1. The molecule has 7 heteroatoms. The van der Waals surface area contributed by atoms with Crippen LogP contribution < -0.4 is 0 Å². The Kier molecular flexibility index (Phi) is 7.27. The number of aromatic amines is 1. The summed E-state index contributed by atoms with van der Waals surface area (Å²) in [7, 11) is 3.38. The second-order valence-corrected chi connectivity index (χ2v) is 8.30. The Morgan fingerprint density at radius 3 is 2.58 bits per heavy atom. The molecule has 1 aromatic carbocycles. The minimum Gasteiger partial charge on any atom is -0.494 e. The molecular formula is C24H29N5O2. The predicted octanol–water partition coefficient (Wildman–Crippen LogP) is 3.74. The average Bonchev–Trinajstić information content (AvgIpc) is 3.11. The van der Waals surface area contributed by atoms with Crippen LogP contribution in [-0.2, 0) is 11.3 Å². The summed E-state index contributed by atoms with van der Waals surface area (Å²) in [4.78, 5) is 20.9. The second-order valence-electron chi connectivity index (χ2n) is 8.30. The Morgan fingerprint density at radius 2 is 2.00 bits per heavy atom. The quantitative estimate of drug-likeness (QED) is 0.628. The van der Waals surface area contributed by atoms with Crippen LogP contribution in [0.15, 0.2) is 36.5 Å². The van der Waals surface area contributed by atoms with E-state index in [-0.39, 0.29) is 5.88 Å². The van der Waals surface area contributed by atoms with E-state index in [1.54, 1.807) is 26.2 Å². The number of hydrogen-bond donors (Lipinski definition) is 2. The number of piperidine rings is 1. The van der Waals surface area contributed by atoms with Gasteiger partial charge < -0.3 is 15.0 Å². The zero-order valence-electron chi connectivity index (χ0n) is 18.3. The monoisotopic (exact) mass is 419 g/mol. The van der Waals surface area contributed by atoms with Gasteiger partial charge in [0.25, 0.3) is 0 Å². The van der Waals surface area contributed by atoms with Crippen molar-refractivity contribution >= 4 is 17.3 Å². The fourth-order valence-electron chi connectivity index (χ4n) is 3.65. The van der Waals surface area contributed by atoms with Gasteiger partial charge in [-0.1, -0.05) is 13.0 Å². The summed E-state index contributed by atoms with van der Waals surface area (Å²) in [6, 6.07) is 11.5. The molecule has 1 saturated heterocycles. The number of carbonyl (C=O) groups excluding carboxylic acids is 1. The first kappa shape index (κ1) is 22.3. The van der Waals surface area contributed by atoms with Gasteiger partial charge in [-0.2, -0.15) is 5.26 Å². The molecule has 0 atom stereocenters. The van der Waals surface area contributed by atoms with Crippen molar-refractivity contribution < 1.29 is 9.90 Å². The Hall–Kier alpha value is -3.37. The van der Waals surface area contributed by atoms with E-state index in [0.717, 1.165) is 42.9 Å². The number of nitriles is 1. The molecule has 1 fully saturated rings. The first-order chi connectivity index (χ1) is 14.9. The van der Waals surface area contributed by atoms with Crippen LogP contribution in [0.4, 0.5) is 0 Å². The van der Waals surface area contributed by atoms with E-state index in [2.05, 4.69) is 33.9 Å². The minimum absolute atomic E-state index is 0.0837. The summed E-state index contributed by atoms with van der Waals surface area (Å²) in [5.41, 5.74) is 3.90. The summed E-state index contributed by atoms with van der Waals surface area (Å²) in [5, 5.41) is 20.3. The summed E-state index contributed by atoms with van der Waals surface area (Å²) < 4.78 is 0. The third kappa shape index (κ3) is 5.62. The Morgan fingerprint density at radius 1 is 1.29 bits per heavy atom. The van der Waals surface area contributed by atoms with E-state index in [4.69, 9.17) is 5.26 Å². The van der Waals surface area contributed by atoms with E-state index in [9.17, 15) is 9.90 Å². The maximum Gasteiger partial charge on any atom is 0.209 e. The first-order valence-electron chi connectivity index (χ1n) is 10.5. The van der Waals surface area contributed by atoms with E-state index in [1.807, 2.05) is 18.3 Å². The van der Waals surface area contributed by atoms with Crippen LogP contribution in [0.1, 0.15) is 30.9 Å². The normalized spacial score (nSPS) is 14.5. The predicted molar refractivity (Wildman–Crippen MR) is 121 cm³/mol. The Balaban J connectivity index is 0.000000491. The number of hydrogen-bond acceptors (Lipinski definition) is 5. The molecule has 0 radical (unpaired) electrons. The van der Waals surface area contributed by atoms with Crippen molar-refractivity contribution in [1.29, 1.82) is 5.26 Å². The largest absolute Gasteiger partial charge is 0.494 e. The highest BCUT2D eigenvalue weighted by atomic mass is 16.3. The molecule has 1 amide bonds. The summed E-state index contributed by atoms with van der Waals surface area (Å²) in [5.74, 6) is 0.912. The van der Waals surface area contributed by atoms with E-state index >= 15 is 0 Å². The standard InChI is InChI=1S/C21H22N4O.C3H7NO/c1-14-6-8-25(9-7-14)13-16-3-5-19(23-12-16)20-17-10-15(11-22)2-4-18(17)24-21(20)26;1-4(2)3-5/h2-5,10,12,14,24,26H,6-9,13H2,1H3;3H,1-2H3. The number of H-pyrrole nitrogens is 1. The number of benzene rings is 1. The zero-order chi connectivity index (χ0) is 22.4. The van der Waals surface area contributed by atoms with Crippen LogP contribution in [-0.4, -0.2) is 58.5 Å². The van der Waals surface area contributed by atoms with Crippen molar-refractivity contribution in [2.75, 3.05) is 27.2 Å². The van der Waals surface area contributed by atoms with E-state index in [1.165, 1.54) is 23.3 Å². The molecule has 0 unspecified atom stereocenters. The molecule has 3 heterocycles. The van der Waals surface area contributed by atoms with Crippen molar-refractivity contribution in [1.82, 2.24) is 19.8 Å². The number of aromatic nitrogens is 2. The molecule has 0 bridgehead atoms. The molecule has 0 spiro atoms. The molecule has 4 rings (SSSR count). The molecule has 0 saturated carbocycles. The molecular weight excluding hydrogens is 390 g/mol. The molecule has 1 aliphatic rings. The van der Waals surface area contributed by atoms with E-state index in [0.29, 0.717) is 16.8 Å². The number of aromatic hydroxyl groups is 1. The zero-order valence-corrected chi connectivity index (χ0v) is 18.3. The van der Waals surface area contributed by atoms with Gasteiger partial charge in [0, 0.05) is 37.7 Å². The third-order valence-corrected chi connectivity index (χ3v) is 5.48. The maximum absolute atomic E-state index is 10.3. The van der Waals surface area contributed by atoms with Crippen LogP contribution in [0.5, 0.6) is 5.88 Å². The average molecular weight is 420 g/mol. The molecule has 3 aromatic rings. The Labute approximate surface area is 182 Å². The highest BCUT2D eigenvalue weighted by Crippen LogP contribution is 2.36. The summed E-state index contributed by atoms with van der Waals surface area (Å²) in [6.07, 6.45) is 5.16. The van der Waals surface area contributed by atoms with Crippen LogP contribution in [0, 0.1) is 17.2 Å². The lowest BCUT2D eigenvalue weighted by Gasteiger charge is -2.30. The minimum atomic E-state index is 0.0837. The molecule has 162 valence electrons. The lowest BCUT2D eigenvalue weighted by atomic mass is 9.99. The molecule has 1 aliphatic heterocycles. The van der Waals surface area contributed by atoms with Crippen LogP contribution >= 0.6 is 0 Å². The maximum atomic E-state index is 10.3. The summed E-state index contributed by atoms with van der Waals surface area (Å²) in [6.45, 7) is 5.52. The lowest BCUT2D eigenvalue weighted by molar-refractivity contribution is -0.115. The van der Waals surface area contributed by atoms with Gasteiger partial charge in [-0.25, -0.2) is 0 Å². The van der Waals surface area contributed by atoms with Gasteiger partial charge in [0.05, 0.1) is 22.9 Å². The fraction of sp³-hybridized carbons (Fsp3) is 0.375. The molecule has 0 aliphatic carbocycles. The van der Waals surface area contributed by atoms with Crippen LogP contribution in [0.2, 0.25) is 0 Å². The highest BCUT2D eigenvalue weighted by molar-refractivity contribution is 5.98. The number of nitrogens with one attached hydrogen (secondary N) is 1. The van der Waals surface area contributed by atoms with Crippen molar-refractivity contribution in [2.45, 2.75) is 26.3 Å². The Bertz CT molecular complexity index is 1060. The van der Waals surface area contributed by atoms with Crippen molar-refractivity contribution in [3.05, 3.63) is 47.7 Å². The van der Waals surface area contributed by atoms with Gasteiger partial charge in [0.1, 0.15) is 0 Å². The topological polar surface area (TPSA) is 96.2 Å². The molecule has 31 heavy (non-hydrogen) atoms. The summed E-state index contributed by atoms with van der Waals surface area (Å²) >= 11 is 0. The van der Waals surface area contributed by atoms with Gasteiger partial charge in [-0.15, -0.1) is 0 Å². The van der Waals surface area contributed by atoms with Crippen LogP contribution in [0.3, 0.4) is 0 Å². The number of pyridine rings is 1. The van der Waals surface area contributed by atoms with Crippen molar-refractivity contribution in [2.24, 2.45) is 5.92 Å². The SMILES string of the molecule is CC1CCN(Cc2ccc(-c3c(O)[nH]c4ccc(C#N)cc34)nc2)CC1.CN(C)C=O. The second kappa shape index (κ2) is 10.1. The number of carbonyl (C=O) groups is 1. The van der Waals surface area contributed by atoms with Crippen LogP contribution in [0.25, 0.3) is 22.2 Å². The smallest absolute Gasteiger partial charge is 0.209 e. The van der Waals surface area contributed by atoms with Gasteiger partial charge >= 0.3 is 0 Å². The molecule has 7 nitrogen and oxygen atoms in total. The van der Waals surface area contributed by atoms with Crippen molar-refractivity contribution in [3.8, 4) is 23.2 Å². The molecule has 2 aromatic heterocycles. The van der Waals surface area contributed by atoms with Gasteiger partial charge in [0.15, 0.2) is 5.88 Å². The van der Waals surface area contributed by atoms with Gasteiger partial charge in [0.2, 0.25) is 6.41 Å². The van der Waals surface area contributed by atoms with Gasteiger partial charge in [-0.3, -0.25) is 14.7 Å². The number of nitrogens with zero attached hydrogens (tertiary/aromatic N) is 4. The third-order valence-electron chi connectivity index (χ3n) is 5.48. The lowest BCUT2D eigenvalue weighted by Crippen LogP contribution is -2.32. The van der Waals surface area contributed by atoms with Crippen molar-refractivity contribution in [3.63, 3.8) is 0 Å². The first-order valence-corrected chi connectivity index (χ1v) is 10.5. The molecule has 2 N–H and O–H groups in total. The fourth-order valence-corrected chi connectivity index (χ4v) is 3.65.